The lowest BCUT2D eigenvalue weighted by atomic mass is 10.0. The second-order valence-corrected chi connectivity index (χ2v) is 5.23. The second-order valence-electron chi connectivity index (χ2n) is 5.23. The highest BCUT2D eigenvalue weighted by Gasteiger charge is 2.25. The molecule has 0 aromatic heterocycles. The molecule has 2 atom stereocenters. The van der Waals surface area contributed by atoms with Crippen LogP contribution in [0.4, 0.5) is 4.79 Å². The van der Waals surface area contributed by atoms with Crippen molar-refractivity contribution in [1.29, 1.82) is 0 Å². The minimum atomic E-state index is -0.616. The molecular formula is C16H24N2O3. The first-order valence-corrected chi connectivity index (χ1v) is 7.24. The van der Waals surface area contributed by atoms with Crippen molar-refractivity contribution in [1.82, 2.24) is 10.6 Å². The number of benzene rings is 1. The zero-order chi connectivity index (χ0) is 15.8. The summed E-state index contributed by atoms with van der Waals surface area (Å²) in [6.45, 7) is 7.67. The Morgan fingerprint density at radius 2 is 1.71 bits per heavy atom. The number of rotatable bonds is 6. The third-order valence-corrected chi connectivity index (χ3v) is 3.16. The molecular weight excluding hydrogens is 268 g/mol. The van der Waals surface area contributed by atoms with Gasteiger partial charge < -0.3 is 15.4 Å². The molecule has 0 aliphatic carbocycles. The summed E-state index contributed by atoms with van der Waals surface area (Å²) in [6.07, 6.45) is -0.571. The fourth-order valence-electron chi connectivity index (χ4n) is 1.96. The Hall–Kier alpha value is -2.04. The molecule has 0 aliphatic rings. The van der Waals surface area contributed by atoms with Gasteiger partial charge >= 0.3 is 6.09 Å². The van der Waals surface area contributed by atoms with Gasteiger partial charge in [0.15, 0.2) is 0 Å². The first-order valence-electron chi connectivity index (χ1n) is 7.24. The molecule has 0 heterocycles. The normalized spacial score (nSPS) is 13.4. The maximum atomic E-state index is 12.3. The average molecular weight is 292 g/mol. The smallest absolute Gasteiger partial charge is 0.407 e. The summed E-state index contributed by atoms with van der Waals surface area (Å²) in [5.41, 5.74) is 1.02. The van der Waals surface area contributed by atoms with Gasteiger partial charge in [0.05, 0.1) is 12.6 Å². The van der Waals surface area contributed by atoms with Crippen LogP contribution < -0.4 is 10.6 Å². The Bertz CT molecular complexity index is 460. The lowest BCUT2D eigenvalue weighted by molar-refractivity contribution is -0.124. The molecule has 5 nitrogen and oxygen atoms in total. The molecule has 1 rings (SSSR count). The second kappa shape index (κ2) is 8.29. The van der Waals surface area contributed by atoms with Crippen molar-refractivity contribution in [2.24, 2.45) is 5.92 Å². The molecule has 21 heavy (non-hydrogen) atoms. The molecule has 2 amide bonds. The van der Waals surface area contributed by atoms with Gasteiger partial charge in [-0.15, -0.1) is 0 Å². The Balaban J connectivity index is 2.67. The van der Waals surface area contributed by atoms with Gasteiger partial charge in [-0.2, -0.15) is 0 Å². The van der Waals surface area contributed by atoms with Crippen molar-refractivity contribution >= 4 is 12.0 Å². The van der Waals surface area contributed by atoms with Crippen molar-refractivity contribution in [3.05, 3.63) is 35.9 Å². The molecule has 5 heteroatoms. The van der Waals surface area contributed by atoms with E-state index in [-0.39, 0.29) is 24.5 Å². The van der Waals surface area contributed by atoms with E-state index >= 15 is 0 Å². The Morgan fingerprint density at radius 1 is 1.10 bits per heavy atom. The van der Waals surface area contributed by atoms with Crippen LogP contribution in [0.5, 0.6) is 0 Å². The van der Waals surface area contributed by atoms with E-state index < -0.39 is 12.1 Å². The molecule has 0 saturated heterocycles. The van der Waals surface area contributed by atoms with Crippen LogP contribution in [0.1, 0.15) is 39.3 Å². The standard InChI is InChI=1S/C16H24N2O3/c1-5-21-16(20)18-14(11(2)3)15(19)17-12(4)13-9-7-6-8-10-13/h6-12,14H,5H2,1-4H3,(H,17,19)(H,18,20)/t12-,14-/m1/s1. The van der Waals surface area contributed by atoms with Crippen LogP contribution in [-0.2, 0) is 9.53 Å². The van der Waals surface area contributed by atoms with Gasteiger partial charge in [0.1, 0.15) is 6.04 Å². The highest BCUT2D eigenvalue weighted by Crippen LogP contribution is 2.12. The molecule has 1 aromatic rings. The maximum absolute atomic E-state index is 12.3. The van der Waals surface area contributed by atoms with Crippen molar-refractivity contribution in [3.63, 3.8) is 0 Å². The van der Waals surface area contributed by atoms with Crippen LogP contribution in [0.3, 0.4) is 0 Å². The van der Waals surface area contributed by atoms with E-state index in [1.807, 2.05) is 51.1 Å². The van der Waals surface area contributed by atoms with Crippen molar-refractivity contribution in [3.8, 4) is 0 Å². The number of nitrogens with one attached hydrogen (secondary N) is 2. The average Bonchev–Trinajstić information content (AvgIpc) is 2.45. The molecule has 0 fully saturated rings. The fraction of sp³-hybridized carbons (Fsp3) is 0.500. The Kier molecular flexibility index (Phi) is 6.72. The number of amides is 2. The molecule has 2 N–H and O–H groups in total. The molecule has 0 aliphatic heterocycles. The lowest BCUT2D eigenvalue weighted by Crippen LogP contribution is -2.50. The van der Waals surface area contributed by atoms with Crippen LogP contribution >= 0.6 is 0 Å². The summed E-state index contributed by atoms with van der Waals surface area (Å²) in [7, 11) is 0. The van der Waals surface area contributed by atoms with Crippen LogP contribution in [0, 0.1) is 5.92 Å². The fourth-order valence-corrected chi connectivity index (χ4v) is 1.96. The number of ether oxygens (including phenoxy) is 1. The predicted octanol–water partition coefficient (Wildman–Crippen LogP) is 2.63. The van der Waals surface area contributed by atoms with Crippen LogP contribution in [0.15, 0.2) is 30.3 Å². The molecule has 0 radical (unpaired) electrons. The summed E-state index contributed by atoms with van der Waals surface area (Å²) < 4.78 is 4.83. The highest BCUT2D eigenvalue weighted by molar-refractivity contribution is 5.86. The van der Waals surface area contributed by atoms with Gasteiger partial charge in [0.25, 0.3) is 0 Å². The molecule has 116 valence electrons. The van der Waals surface area contributed by atoms with E-state index in [0.29, 0.717) is 0 Å². The lowest BCUT2D eigenvalue weighted by Gasteiger charge is -2.23. The first kappa shape index (κ1) is 17.0. The van der Waals surface area contributed by atoms with Crippen LogP contribution in [0.2, 0.25) is 0 Å². The minimum absolute atomic E-state index is 0.0302. The van der Waals surface area contributed by atoms with Gasteiger partial charge in [-0.25, -0.2) is 4.79 Å². The van der Waals surface area contributed by atoms with Crippen molar-refractivity contribution in [2.45, 2.75) is 39.8 Å². The van der Waals surface area contributed by atoms with Crippen molar-refractivity contribution < 1.29 is 14.3 Å². The van der Waals surface area contributed by atoms with E-state index in [2.05, 4.69) is 10.6 Å². The summed E-state index contributed by atoms with van der Waals surface area (Å²) >= 11 is 0. The van der Waals surface area contributed by atoms with Gasteiger partial charge in [-0.3, -0.25) is 4.79 Å². The van der Waals surface area contributed by atoms with E-state index in [1.54, 1.807) is 6.92 Å². The Labute approximate surface area is 126 Å². The van der Waals surface area contributed by atoms with Gasteiger partial charge in [-0.1, -0.05) is 44.2 Å². The summed E-state index contributed by atoms with van der Waals surface area (Å²) in [5.74, 6) is -0.244. The van der Waals surface area contributed by atoms with Crippen LogP contribution in [0.25, 0.3) is 0 Å². The van der Waals surface area contributed by atoms with Gasteiger partial charge in [-0.05, 0) is 25.3 Å². The van der Waals surface area contributed by atoms with E-state index in [4.69, 9.17) is 4.74 Å². The number of carbonyl (C=O) groups excluding carboxylic acids is 2. The zero-order valence-corrected chi connectivity index (χ0v) is 13.1. The maximum Gasteiger partial charge on any atom is 0.407 e. The molecule has 0 saturated carbocycles. The summed E-state index contributed by atoms with van der Waals surface area (Å²) in [5, 5.41) is 5.52. The topological polar surface area (TPSA) is 67.4 Å². The SMILES string of the molecule is CCOC(=O)N[C@@H](C(=O)N[C@H](C)c1ccccc1)C(C)C. The third kappa shape index (κ3) is 5.45. The number of carbonyl (C=O) groups is 2. The molecule has 1 aromatic carbocycles. The van der Waals surface area contributed by atoms with Gasteiger partial charge in [0, 0.05) is 0 Å². The molecule has 0 bridgehead atoms. The summed E-state index contributed by atoms with van der Waals surface area (Å²) in [6, 6.07) is 8.95. The van der Waals surface area contributed by atoms with E-state index in [9.17, 15) is 9.59 Å². The van der Waals surface area contributed by atoms with E-state index in [0.717, 1.165) is 5.56 Å². The van der Waals surface area contributed by atoms with Crippen molar-refractivity contribution in [2.75, 3.05) is 6.61 Å². The summed E-state index contributed by atoms with van der Waals surface area (Å²) in [4.78, 5) is 23.8. The third-order valence-electron chi connectivity index (χ3n) is 3.16. The minimum Gasteiger partial charge on any atom is -0.450 e. The quantitative estimate of drug-likeness (QED) is 0.847. The zero-order valence-electron chi connectivity index (χ0n) is 13.1. The number of hydrogen-bond acceptors (Lipinski definition) is 3. The monoisotopic (exact) mass is 292 g/mol. The predicted molar refractivity (Wildman–Crippen MR) is 81.8 cm³/mol. The number of alkyl carbamates (subject to hydrolysis) is 1. The first-order chi connectivity index (χ1) is 9.95. The highest BCUT2D eigenvalue weighted by atomic mass is 16.5. The number of hydrogen-bond donors (Lipinski definition) is 2. The van der Waals surface area contributed by atoms with E-state index in [1.165, 1.54) is 0 Å². The van der Waals surface area contributed by atoms with Gasteiger partial charge in [0.2, 0.25) is 5.91 Å². The molecule has 0 spiro atoms. The Morgan fingerprint density at radius 3 is 2.24 bits per heavy atom. The van der Waals surface area contributed by atoms with Crippen LogP contribution in [-0.4, -0.2) is 24.6 Å². The largest absolute Gasteiger partial charge is 0.450 e. The molecule has 0 unspecified atom stereocenters.